The maximum Gasteiger partial charge on any atom is 0.419 e. The van der Waals surface area contributed by atoms with Crippen LogP contribution in [0.4, 0.5) is 9.59 Å². The lowest BCUT2D eigenvalue weighted by molar-refractivity contribution is 0.0539. The van der Waals surface area contributed by atoms with E-state index in [0.29, 0.717) is 15.5 Å². The van der Waals surface area contributed by atoms with Crippen LogP contribution in [0.3, 0.4) is 0 Å². The number of rotatable bonds is 0. The number of nitrogens with zero attached hydrogens (tertiary/aromatic N) is 2. The fourth-order valence-corrected chi connectivity index (χ4v) is 5.32. The van der Waals surface area contributed by atoms with E-state index in [9.17, 15) is 9.59 Å². The van der Waals surface area contributed by atoms with Gasteiger partial charge in [0.1, 0.15) is 11.2 Å². The van der Waals surface area contributed by atoms with E-state index < -0.39 is 23.4 Å². The summed E-state index contributed by atoms with van der Waals surface area (Å²) < 4.78 is 15.5. The number of carbonyl (C=O) groups excluding carboxylic acids is 2. The highest BCUT2D eigenvalue weighted by Gasteiger charge is 2.28. The van der Waals surface area contributed by atoms with Crippen molar-refractivity contribution < 1.29 is 19.1 Å². The fraction of sp³-hybridized carbons (Fsp3) is 0.286. The smallest absolute Gasteiger partial charge is 0.419 e. The maximum absolute atomic E-state index is 13.4. The molecule has 7 heteroatoms. The molecule has 0 aliphatic carbocycles. The van der Waals surface area contributed by atoms with Crippen molar-refractivity contribution in [3.05, 3.63) is 59.1 Å². The molecule has 6 nitrogen and oxygen atoms in total. The third-order valence-electron chi connectivity index (χ3n) is 5.69. The van der Waals surface area contributed by atoms with E-state index in [-0.39, 0.29) is 0 Å². The number of hydrogen-bond donors (Lipinski definition) is 0. The van der Waals surface area contributed by atoms with Crippen molar-refractivity contribution in [2.45, 2.75) is 52.7 Å². The van der Waals surface area contributed by atoms with E-state index in [1.54, 1.807) is 9.13 Å². The van der Waals surface area contributed by atoms with Crippen molar-refractivity contribution >= 4 is 71.7 Å². The summed E-state index contributed by atoms with van der Waals surface area (Å²) in [5, 5.41) is 3.42. The fourth-order valence-electron chi connectivity index (χ4n) is 4.51. The molecule has 0 fully saturated rings. The van der Waals surface area contributed by atoms with Crippen molar-refractivity contribution in [2.75, 3.05) is 0 Å². The van der Waals surface area contributed by atoms with Gasteiger partial charge in [0.05, 0.1) is 26.5 Å². The highest BCUT2D eigenvalue weighted by molar-refractivity contribution is 9.10. The van der Waals surface area contributed by atoms with Crippen LogP contribution in [0, 0.1) is 0 Å². The second-order valence-electron chi connectivity index (χ2n) is 10.6. The highest BCUT2D eigenvalue weighted by Crippen LogP contribution is 2.43. The Hall–Kier alpha value is -3.32. The van der Waals surface area contributed by atoms with Gasteiger partial charge in [-0.3, -0.25) is 0 Å². The zero-order valence-electron chi connectivity index (χ0n) is 20.6. The maximum atomic E-state index is 13.4. The summed E-state index contributed by atoms with van der Waals surface area (Å²) in [6, 6.07) is 17.4. The minimum absolute atomic E-state index is 0.453. The second-order valence-corrected chi connectivity index (χ2v) is 11.4. The molecule has 0 amide bonds. The minimum atomic E-state index is -0.655. The van der Waals surface area contributed by atoms with Gasteiger partial charge in [0, 0.05) is 21.5 Å². The molecule has 0 spiro atoms. The molecule has 0 N–H and O–H groups in total. The van der Waals surface area contributed by atoms with Crippen molar-refractivity contribution in [3.63, 3.8) is 0 Å². The lowest BCUT2D eigenvalue weighted by Crippen LogP contribution is -2.27. The number of halogens is 1. The van der Waals surface area contributed by atoms with E-state index in [1.807, 2.05) is 96.1 Å². The molecule has 35 heavy (non-hydrogen) atoms. The summed E-state index contributed by atoms with van der Waals surface area (Å²) in [4.78, 5) is 26.8. The van der Waals surface area contributed by atoms with Crippen LogP contribution in [-0.2, 0) is 9.47 Å². The van der Waals surface area contributed by atoms with Crippen LogP contribution in [0.5, 0.6) is 0 Å². The van der Waals surface area contributed by atoms with Crippen molar-refractivity contribution in [2.24, 2.45) is 0 Å². The van der Waals surface area contributed by atoms with Gasteiger partial charge in [0.15, 0.2) is 0 Å². The number of hydrogen-bond acceptors (Lipinski definition) is 4. The molecule has 2 heterocycles. The molecule has 0 atom stereocenters. The Morgan fingerprint density at radius 2 is 1.17 bits per heavy atom. The van der Waals surface area contributed by atoms with Gasteiger partial charge < -0.3 is 9.47 Å². The molecule has 0 aliphatic heterocycles. The normalized spacial score (nSPS) is 12.7. The molecule has 5 rings (SSSR count). The Balaban J connectivity index is 1.94. The lowest BCUT2D eigenvalue weighted by atomic mass is 10.1. The summed E-state index contributed by atoms with van der Waals surface area (Å²) in [6.07, 6.45) is -0.912. The number of benzene rings is 3. The van der Waals surface area contributed by atoms with E-state index >= 15 is 0 Å². The van der Waals surface area contributed by atoms with E-state index in [4.69, 9.17) is 9.47 Å². The average molecular weight is 535 g/mol. The number of carbonyl (C=O) groups is 2. The predicted octanol–water partition coefficient (Wildman–Crippen LogP) is 8.23. The van der Waals surface area contributed by atoms with Crippen molar-refractivity contribution in [1.29, 1.82) is 0 Å². The van der Waals surface area contributed by atoms with Crippen LogP contribution in [0.25, 0.3) is 43.6 Å². The summed E-state index contributed by atoms with van der Waals surface area (Å²) in [5.74, 6) is 0. The second kappa shape index (κ2) is 7.85. The standard InChI is InChI=1S/C28H27BrN2O4/c1-27(2,3)34-25(32)30-20-14-10-8-12-17(20)22-21(30)15-18-16-11-7-9-13-19(16)31(24(18)23(22)29)26(33)35-28(4,5)6/h7-15H,1-6H3. The first-order valence-electron chi connectivity index (χ1n) is 11.5. The molecule has 0 bridgehead atoms. The third-order valence-corrected chi connectivity index (χ3v) is 6.46. The van der Waals surface area contributed by atoms with Gasteiger partial charge in [-0.15, -0.1) is 0 Å². The molecular weight excluding hydrogens is 508 g/mol. The monoisotopic (exact) mass is 534 g/mol. The molecule has 5 aromatic rings. The van der Waals surface area contributed by atoms with Crippen LogP contribution in [-0.4, -0.2) is 32.5 Å². The first-order valence-corrected chi connectivity index (χ1v) is 12.3. The zero-order valence-corrected chi connectivity index (χ0v) is 22.2. The van der Waals surface area contributed by atoms with Gasteiger partial charge in [0.25, 0.3) is 0 Å². The van der Waals surface area contributed by atoms with Gasteiger partial charge in [-0.1, -0.05) is 36.4 Å². The summed E-state index contributed by atoms with van der Waals surface area (Å²) in [6.45, 7) is 11.1. The number of ether oxygens (including phenoxy) is 2. The summed E-state index contributed by atoms with van der Waals surface area (Å²) in [5.41, 5.74) is 1.56. The van der Waals surface area contributed by atoms with Crippen LogP contribution >= 0.6 is 15.9 Å². The Labute approximate surface area is 211 Å². The third kappa shape index (κ3) is 3.88. The van der Waals surface area contributed by atoms with Gasteiger partial charge >= 0.3 is 12.2 Å². The van der Waals surface area contributed by atoms with Crippen LogP contribution < -0.4 is 0 Å². The van der Waals surface area contributed by atoms with Gasteiger partial charge in [0.2, 0.25) is 0 Å². The quantitative estimate of drug-likeness (QED) is 0.200. The van der Waals surface area contributed by atoms with E-state index in [1.165, 1.54) is 0 Å². The predicted molar refractivity (Wildman–Crippen MR) is 143 cm³/mol. The Kier molecular flexibility index (Phi) is 5.25. The van der Waals surface area contributed by atoms with Gasteiger partial charge in [-0.2, -0.15) is 0 Å². The van der Waals surface area contributed by atoms with Crippen LogP contribution in [0.2, 0.25) is 0 Å². The van der Waals surface area contributed by atoms with E-state index in [2.05, 4.69) is 15.9 Å². The first kappa shape index (κ1) is 23.4. The Morgan fingerprint density at radius 1 is 0.686 bits per heavy atom. The average Bonchev–Trinajstić information content (AvgIpc) is 3.25. The topological polar surface area (TPSA) is 62.5 Å². The van der Waals surface area contributed by atoms with Crippen LogP contribution in [0.15, 0.2) is 59.1 Å². The molecule has 0 saturated carbocycles. The number of fused-ring (bicyclic) bond motifs is 6. The SMILES string of the molecule is CC(C)(C)OC(=O)n1c2ccccc2c2c(Br)c3c(cc21)c1ccccc1n3C(=O)OC(C)(C)C. The first-order chi connectivity index (χ1) is 16.4. The van der Waals surface area contributed by atoms with Crippen LogP contribution in [0.1, 0.15) is 41.5 Å². The molecular formula is C28H27BrN2O4. The molecule has 0 radical (unpaired) electrons. The van der Waals surface area contributed by atoms with Gasteiger partial charge in [-0.05, 0) is 75.7 Å². The molecule has 0 unspecified atom stereocenters. The number of aromatic nitrogens is 2. The molecule has 180 valence electrons. The highest BCUT2D eigenvalue weighted by atomic mass is 79.9. The van der Waals surface area contributed by atoms with E-state index in [0.717, 1.165) is 32.6 Å². The number of para-hydroxylation sites is 2. The summed E-state index contributed by atoms with van der Waals surface area (Å²) in [7, 11) is 0. The van der Waals surface area contributed by atoms with Crippen molar-refractivity contribution in [1.82, 2.24) is 9.13 Å². The van der Waals surface area contributed by atoms with Gasteiger partial charge in [-0.25, -0.2) is 18.7 Å². The Bertz CT molecular complexity index is 1660. The largest absolute Gasteiger partial charge is 0.443 e. The molecule has 2 aromatic heterocycles. The minimum Gasteiger partial charge on any atom is -0.443 e. The summed E-state index contributed by atoms with van der Waals surface area (Å²) >= 11 is 3.81. The lowest BCUT2D eigenvalue weighted by Gasteiger charge is -2.21. The molecule has 3 aromatic carbocycles. The molecule has 0 saturated heterocycles. The zero-order chi connectivity index (χ0) is 25.3. The Morgan fingerprint density at radius 3 is 1.74 bits per heavy atom. The van der Waals surface area contributed by atoms with Crippen molar-refractivity contribution in [3.8, 4) is 0 Å². The molecule has 0 aliphatic rings.